The first-order chi connectivity index (χ1) is 11.7. The van der Waals surface area contributed by atoms with Gasteiger partial charge in [0.05, 0.1) is 13.2 Å². The molecule has 1 aliphatic heterocycles. The van der Waals surface area contributed by atoms with Crippen molar-refractivity contribution in [3.8, 4) is 0 Å². The summed E-state index contributed by atoms with van der Waals surface area (Å²) in [6.45, 7) is 6.15. The molecule has 3 rings (SSSR count). The number of benzene rings is 1. The number of pyridine rings is 1. The predicted octanol–water partition coefficient (Wildman–Crippen LogP) is 2.71. The lowest BCUT2D eigenvalue weighted by atomic mass is 10.2. The van der Waals surface area contributed by atoms with Crippen LogP contribution in [-0.4, -0.2) is 36.4 Å². The molecule has 1 fully saturated rings. The lowest BCUT2D eigenvalue weighted by molar-refractivity contribution is 0.122. The highest BCUT2D eigenvalue weighted by Crippen LogP contribution is 2.16. The average Bonchev–Trinajstić information content (AvgIpc) is 2.61. The van der Waals surface area contributed by atoms with Gasteiger partial charge in [0.1, 0.15) is 5.82 Å². The minimum absolute atomic E-state index is 0.574. The first kappa shape index (κ1) is 16.7. The van der Waals surface area contributed by atoms with Crippen molar-refractivity contribution in [3.05, 3.63) is 53.7 Å². The van der Waals surface area contributed by atoms with Crippen LogP contribution in [0.4, 0.5) is 11.5 Å². The van der Waals surface area contributed by atoms with E-state index in [1.807, 2.05) is 25.1 Å². The SMILES string of the molecule is Cc1cccc(NC(=S)NCc2ccc(N3CCOCC3)cc2)n1. The number of hydrogen-bond acceptors (Lipinski definition) is 4. The molecule has 6 heteroatoms. The van der Waals surface area contributed by atoms with Crippen molar-refractivity contribution in [2.45, 2.75) is 13.5 Å². The number of morpholine rings is 1. The van der Waals surface area contributed by atoms with Crippen LogP contribution < -0.4 is 15.5 Å². The molecule has 24 heavy (non-hydrogen) atoms. The van der Waals surface area contributed by atoms with E-state index in [0.717, 1.165) is 37.8 Å². The quantitative estimate of drug-likeness (QED) is 0.833. The molecule has 2 heterocycles. The van der Waals surface area contributed by atoms with Crippen LogP contribution in [0, 0.1) is 6.92 Å². The largest absolute Gasteiger partial charge is 0.378 e. The summed E-state index contributed by atoms with van der Waals surface area (Å²) in [5.74, 6) is 0.759. The van der Waals surface area contributed by atoms with Crippen LogP contribution in [0.15, 0.2) is 42.5 Å². The number of hydrogen-bond donors (Lipinski definition) is 2. The fourth-order valence-electron chi connectivity index (χ4n) is 2.60. The van der Waals surface area contributed by atoms with Gasteiger partial charge in [-0.2, -0.15) is 0 Å². The van der Waals surface area contributed by atoms with Gasteiger partial charge in [-0.25, -0.2) is 4.98 Å². The van der Waals surface area contributed by atoms with Crippen LogP contribution in [0.1, 0.15) is 11.3 Å². The zero-order valence-electron chi connectivity index (χ0n) is 13.8. The Hall–Kier alpha value is -2.18. The Morgan fingerprint density at radius 1 is 1.17 bits per heavy atom. The first-order valence-corrected chi connectivity index (χ1v) is 8.52. The number of aromatic nitrogens is 1. The Morgan fingerprint density at radius 2 is 1.92 bits per heavy atom. The third kappa shape index (κ3) is 4.66. The lowest BCUT2D eigenvalue weighted by Gasteiger charge is -2.28. The van der Waals surface area contributed by atoms with Crippen LogP contribution in [0.5, 0.6) is 0 Å². The molecule has 0 unspecified atom stereocenters. The Balaban J connectivity index is 1.50. The van der Waals surface area contributed by atoms with Crippen LogP contribution in [0.2, 0.25) is 0 Å². The molecule has 1 aromatic heterocycles. The van der Waals surface area contributed by atoms with Crippen molar-refractivity contribution >= 4 is 28.8 Å². The smallest absolute Gasteiger partial charge is 0.172 e. The Bertz CT molecular complexity index is 684. The van der Waals surface area contributed by atoms with E-state index in [0.29, 0.717) is 11.7 Å². The van der Waals surface area contributed by atoms with Gasteiger partial charge in [0.25, 0.3) is 0 Å². The van der Waals surface area contributed by atoms with Crippen LogP contribution in [0.25, 0.3) is 0 Å². The van der Waals surface area contributed by atoms with E-state index in [1.54, 1.807) is 0 Å². The van der Waals surface area contributed by atoms with E-state index in [1.165, 1.54) is 11.3 Å². The van der Waals surface area contributed by atoms with Crippen LogP contribution in [-0.2, 0) is 11.3 Å². The molecular formula is C18H22N4OS. The first-order valence-electron chi connectivity index (χ1n) is 8.11. The zero-order chi connectivity index (χ0) is 16.8. The second-order valence-corrected chi connectivity index (χ2v) is 6.15. The highest BCUT2D eigenvalue weighted by molar-refractivity contribution is 7.80. The maximum absolute atomic E-state index is 5.39. The summed E-state index contributed by atoms with van der Waals surface area (Å²) in [5, 5.41) is 6.89. The fourth-order valence-corrected chi connectivity index (χ4v) is 2.78. The number of ether oxygens (including phenoxy) is 1. The number of nitrogens with zero attached hydrogens (tertiary/aromatic N) is 2. The standard InChI is InChI=1S/C18H22N4OS/c1-14-3-2-4-17(20-14)21-18(24)19-13-15-5-7-16(8-6-15)22-9-11-23-12-10-22/h2-8H,9-13H2,1H3,(H2,19,20,21,24). The average molecular weight is 342 g/mol. The van der Waals surface area contributed by atoms with Gasteiger partial charge in [-0.05, 0) is 49.0 Å². The molecule has 0 aliphatic carbocycles. The Morgan fingerprint density at radius 3 is 2.62 bits per heavy atom. The molecule has 126 valence electrons. The number of thiocarbonyl (C=S) groups is 1. The minimum atomic E-state index is 0.574. The monoisotopic (exact) mass is 342 g/mol. The summed E-state index contributed by atoms with van der Waals surface area (Å²) in [6.07, 6.45) is 0. The summed E-state index contributed by atoms with van der Waals surface area (Å²) in [7, 11) is 0. The molecule has 0 saturated carbocycles. The van der Waals surface area contributed by atoms with Gasteiger partial charge >= 0.3 is 0 Å². The molecule has 1 saturated heterocycles. The van der Waals surface area contributed by atoms with Gasteiger partial charge in [-0.1, -0.05) is 18.2 Å². The zero-order valence-corrected chi connectivity index (χ0v) is 14.6. The topological polar surface area (TPSA) is 49.4 Å². The van der Waals surface area contributed by atoms with Gasteiger partial charge in [-0.15, -0.1) is 0 Å². The summed E-state index contributed by atoms with van der Waals surface area (Å²) in [5.41, 5.74) is 3.39. The van der Waals surface area contributed by atoms with Crippen molar-refractivity contribution in [3.63, 3.8) is 0 Å². The number of aryl methyl sites for hydroxylation is 1. The second kappa shape index (κ2) is 8.08. The van der Waals surface area contributed by atoms with Gasteiger partial charge < -0.3 is 20.3 Å². The van der Waals surface area contributed by atoms with E-state index in [9.17, 15) is 0 Å². The molecule has 0 bridgehead atoms. The van der Waals surface area contributed by atoms with Gasteiger partial charge in [0, 0.05) is 31.0 Å². The van der Waals surface area contributed by atoms with Crippen molar-refractivity contribution in [1.82, 2.24) is 10.3 Å². The molecule has 2 N–H and O–H groups in total. The normalized spacial score (nSPS) is 14.3. The van der Waals surface area contributed by atoms with Crippen molar-refractivity contribution in [2.75, 3.05) is 36.5 Å². The van der Waals surface area contributed by atoms with Crippen LogP contribution in [0.3, 0.4) is 0 Å². The number of nitrogens with one attached hydrogen (secondary N) is 2. The minimum Gasteiger partial charge on any atom is -0.378 e. The molecule has 0 radical (unpaired) electrons. The number of anilines is 2. The lowest BCUT2D eigenvalue weighted by Crippen LogP contribution is -2.36. The molecule has 0 amide bonds. The molecule has 2 aromatic rings. The van der Waals surface area contributed by atoms with E-state index < -0.39 is 0 Å². The van der Waals surface area contributed by atoms with Crippen molar-refractivity contribution in [2.24, 2.45) is 0 Å². The number of rotatable bonds is 4. The van der Waals surface area contributed by atoms with Gasteiger partial charge in [0.15, 0.2) is 5.11 Å². The van der Waals surface area contributed by atoms with E-state index in [2.05, 4.69) is 44.8 Å². The van der Waals surface area contributed by atoms with Crippen molar-refractivity contribution in [1.29, 1.82) is 0 Å². The molecular weight excluding hydrogens is 320 g/mol. The van der Waals surface area contributed by atoms with E-state index >= 15 is 0 Å². The summed E-state index contributed by atoms with van der Waals surface area (Å²) < 4.78 is 5.39. The Labute approximate surface area is 148 Å². The van der Waals surface area contributed by atoms with Gasteiger partial charge in [0.2, 0.25) is 0 Å². The summed E-state index contributed by atoms with van der Waals surface area (Å²) in [6, 6.07) is 14.4. The molecule has 0 spiro atoms. The van der Waals surface area contributed by atoms with Gasteiger partial charge in [-0.3, -0.25) is 0 Å². The summed E-state index contributed by atoms with van der Waals surface area (Å²) in [4.78, 5) is 6.72. The fraction of sp³-hybridized carbons (Fsp3) is 0.333. The molecule has 1 aromatic carbocycles. The maximum atomic E-state index is 5.39. The Kier molecular flexibility index (Phi) is 5.61. The predicted molar refractivity (Wildman–Crippen MR) is 102 cm³/mol. The molecule has 5 nitrogen and oxygen atoms in total. The van der Waals surface area contributed by atoms with E-state index in [4.69, 9.17) is 17.0 Å². The molecule has 1 aliphatic rings. The van der Waals surface area contributed by atoms with Crippen LogP contribution >= 0.6 is 12.2 Å². The second-order valence-electron chi connectivity index (χ2n) is 5.74. The summed E-state index contributed by atoms with van der Waals surface area (Å²) >= 11 is 5.32. The van der Waals surface area contributed by atoms with Crippen molar-refractivity contribution < 1.29 is 4.74 Å². The van der Waals surface area contributed by atoms with E-state index in [-0.39, 0.29) is 0 Å². The maximum Gasteiger partial charge on any atom is 0.172 e. The third-order valence-electron chi connectivity index (χ3n) is 3.90. The highest BCUT2D eigenvalue weighted by Gasteiger charge is 2.10. The highest BCUT2D eigenvalue weighted by atomic mass is 32.1. The molecule has 0 atom stereocenters. The third-order valence-corrected chi connectivity index (χ3v) is 4.14.